The molecule has 2 aromatic carbocycles. The van der Waals surface area contributed by atoms with Crippen LogP contribution in [0.2, 0.25) is 0 Å². The Labute approximate surface area is 203 Å². The van der Waals surface area contributed by atoms with Crippen LogP contribution in [-0.2, 0) is 9.53 Å². The molecule has 0 spiro atoms. The number of carbonyl (C=O) groups is 1. The average Bonchev–Trinajstić information content (AvgIpc) is 3.13. The smallest absolute Gasteiger partial charge is 0.387 e. The van der Waals surface area contributed by atoms with Gasteiger partial charge in [-0.05, 0) is 55.3 Å². The summed E-state index contributed by atoms with van der Waals surface area (Å²) in [6, 6.07) is 12.3. The predicted octanol–water partition coefficient (Wildman–Crippen LogP) is 3.41. The first-order valence-corrected chi connectivity index (χ1v) is 11.5. The lowest BCUT2D eigenvalue weighted by atomic mass is 9.96. The van der Waals surface area contributed by atoms with E-state index in [-0.39, 0.29) is 23.5 Å². The highest BCUT2D eigenvalue weighted by atomic mass is 32.1. The van der Waals surface area contributed by atoms with Crippen molar-refractivity contribution in [2.75, 3.05) is 13.7 Å². The monoisotopic (exact) mass is 500 g/mol. The number of benzene rings is 2. The maximum absolute atomic E-state index is 13.5. The van der Waals surface area contributed by atoms with Crippen LogP contribution in [0, 0.1) is 0 Å². The topological polar surface area (TPSA) is 79.1 Å². The van der Waals surface area contributed by atoms with Crippen molar-refractivity contribution in [3.05, 3.63) is 90.6 Å². The van der Waals surface area contributed by atoms with Gasteiger partial charge in [0.2, 0.25) is 0 Å². The molecule has 0 saturated heterocycles. The van der Waals surface area contributed by atoms with Crippen LogP contribution in [0.15, 0.2) is 69.6 Å². The Bertz CT molecular complexity index is 1440. The van der Waals surface area contributed by atoms with Gasteiger partial charge in [0.15, 0.2) is 4.80 Å². The summed E-state index contributed by atoms with van der Waals surface area (Å²) in [5.74, 6) is 0.116. The van der Waals surface area contributed by atoms with Crippen LogP contribution in [0.4, 0.5) is 8.78 Å². The van der Waals surface area contributed by atoms with Gasteiger partial charge in [0.05, 0.1) is 35.6 Å². The molecule has 1 aliphatic heterocycles. The highest BCUT2D eigenvalue weighted by Crippen LogP contribution is 2.31. The normalized spacial score (nSPS) is 15.6. The van der Waals surface area contributed by atoms with Gasteiger partial charge in [-0.3, -0.25) is 9.36 Å². The Morgan fingerprint density at radius 1 is 1.14 bits per heavy atom. The van der Waals surface area contributed by atoms with Gasteiger partial charge in [-0.25, -0.2) is 9.79 Å². The molecule has 0 bridgehead atoms. The van der Waals surface area contributed by atoms with E-state index in [1.807, 2.05) is 0 Å². The number of hydrogen-bond acceptors (Lipinski definition) is 7. The van der Waals surface area contributed by atoms with E-state index in [4.69, 9.17) is 9.47 Å². The van der Waals surface area contributed by atoms with Gasteiger partial charge in [0.25, 0.3) is 5.56 Å². The molecular weight excluding hydrogens is 478 g/mol. The number of alkyl halides is 2. The van der Waals surface area contributed by atoms with Crippen molar-refractivity contribution in [3.8, 4) is 11.5 Å². The van der Waals surface area contributed by atoms with Gasteiger partial charge < -0.3 is 14.2 Å². The molecule has 0 amide bonds. The van der Waals surface area contributed by atoms with Crippen LogP contribution in [0.5, 0.6) is 11.5 Å². The van der Waals surface area contributed by atoms with E-state index in [2.05, 4.69) is 9.73 Å². The third-order valence-electron chi connectivity index (χ3n) is 5.35. The minimum atomic E-state index is -2.92. The van der Waals surface area contributed by atoms with Gasteiger partial charge in [-0.1, -0.05) is 35.6 Å². The van der Waals surface area contributed by atoms with Crippen LogP contribution in [-0.4, -0.2) is 30.9 Å². The fourth-order valence-corrected chi connectivity index (χ4v) is 4.84. The van der Waals surface area contributed by atoms with Crippen molar-refractivity contribution in [2.24, 2.45) is 4.99 Å². The molecule has 1 atom stereocenters. The van der Waals surface area contributed by atoms with Crippen LogP contribution < -0.4 is 24.4 Å². The summed E-state index contributed by atoms with van der Waals surface area (Å²) in [6.07, 6.45) is 1.64. The van der Waals surface area contributed by atoms with Gasteiger partial charge in [0.1, 0.15) is 11.5 Å². The molecule has 0 N–H and O–H groups in total. The van der Waals surface area contributed by atoms with E-state index in [1.54, 1.807) is 63.4 Å². The van der Waals surface area contributed by atoms with Crippen molar-refractivity contribution < 1.29 is 27.8 Å². The quantitative estimate of drug-likeness (QED) is 0.465. The summed E-state index contributed by atoms with van der Waals surface area (Å²) in [7, 11) is 1.55. The number of allylic oxidation sites excluding steroid dienone is 1. The second kappa shape index (κ2) is 10.2. The highest BCUT2D eigenvalue weighted by molar-refractivity contribution is 7.07. The number of thiazole rings is 1. The first-order valence-electron chi connectivity index (χ1n) is 10.7. The maximum Gasteiger partial charge on any atom is 0.387 e. The zero-order valence-electron chi connectivity index (χ0n) is 19.2. The molecule has 182 valence electrons. The second-order valence-electron chi connectivity index (χ2n) is 7.52. The van der Waals surface area contributed by atoms with Crippen LogP contribution in [0.1, 0.15) is 31.0 Å². The molecule has 0 saturated carbocycles. The first-order chi connectivity index (χ1) is 16.8. The number of halogens is 2. The summed E-state index contributed by atoms with van der Waals surface area (Å²) in [5, 5.41) is 0. The van der Waals surface area contributed by atoms with Gasteiger partial charge in [-0.15, -0.1) is 0 Å². The lowest BCUT2D eigenvalue weighted by molar-refractivity contribution is -0.139. The second-order valence-corrected chi connectivity index (χ2v) is 8.53. The Morgan fingerprint density at radius 2 is 1.80 bits per heavy atom. The summed E-state index contributed by atoms with van der Waals surface area (Å²) >= 11 is 1.17. The molecular formula is C25H22F2N2O5S. The fourth-order valence-electron chi connectivity index (χ4n) is 3.79. The molecule has 1 aromatic heterocycles. The standard InChI is InChI=1S/C25H22F2N2O5S/c1-4-33-23(31)20-14(2)28-25-29(21(20)16-7-11-17(32-3)12-8-16)22(30)19(35-25)13-15-5-9-18(10-6-15)34-24(26)27/h5-13,21,24H,4H2,1-3H3/b19-13+. The Balaban J connectivity index is 1.85. The van der Waals surface area contributed by atoms with Crippen LogP contribution in [0.25, 0.3) is 6.08 Å². The van der Waals surface area contributed by atoms with Gasteiger partial charge in [-0.2, -0.15) is 8.78 Å². The van der Waals surface area contributed by atoms with E-state index in [0.29, 0.717) is 31.9 Å². The fraction of sp³-hybridized carbons (Fsp3) is 0.240. The molecule has 35 heavy (non-hydrogen) atoms. The molecule has 1 unspecified atom stereocenters. The zero-order chi connectivity index (χ0) is 25.1. The number of ether oxygens (including phenoxy) is 3. The zero-order valence-corrected chi connectivity index (χ0v) is 20.0. The van der Waals surface area contributed by atoms with Crippen LogP contribution >= 0.6 is 11.3 Å². The molecule has 1 aliphatic rings. The third kappa shape index (κ3) is 5.02. The molecule has 10 heteroatoms. The third-order valence-corrected chi connectivity index (χ3v) is 6.33. The number of methoxy groups -OCH3 is 1. The number of aromatic nitrogens is 1. The number of nitrogens with zero attached hydrogens (tertiary/aromatic N) is 2. The summed E-state index contributed by atoms with van der Waals surface area (Å²) < 4.78 is 41.6. The summed E-state index contributed by atoms with van der Waals surface area (Å²) in [6.45, 7) is 0.685. The summed E-state index contributed by atoms with van der Waals surface area (Å²) in [5.41, 5.74) is 1.73. The van der Waals surface area contributed by atoms with E-state index in [1.165, 1.54) is 28.0 Å². The van der Waals surface area contributed by atoms with Gasteiger partial charge in [0, 0.05) is 0 Å². The SMILES string of the molecule is CCOC(=O)C1=C(C)N=c2s/c(=C/c3ccc(OC(F)F)cc3)c(=O)n2C1c1ccc(OC)cc1. The van der Waals surface area contributed by atoms with E-state index in [0.717, 1.165) is 0 Å². The number of esters is 1. The van der Waals surface area contributed by atoms with E-state index in [9.17, 15) is 18.4 Å². The molecule has 3 aromatic rings. The van der Waals surface area contributed by atoms with E-state index >= 15 is 0 Å². The lowest BCUT2D eigenvalue weighted by Crippen LogP contribution is -2.39. The molecule has 2 heterocycles. The molecule has 4 rings (SSSR count). The van der Waals surface area contributed by atoms with Crippen molar-refractivity contribution >= 4 is 23.4 Å². The highest BCUT2D eigenvalue weighted by Gasteiger charge is 2.33. The lowest BCUT2D eigenvalue weighted by Gasteiger charge is -2.24. The number of carbonyl (C=O) groups excluding carboxylic acids is 1. The molecule has 7 nitrogen and oxygen atoms in total. The Kier molecular flexibility index (Phi) is 7.11. The maximum atomic E-state index is 13.5. The largest absolute Gasteiger partial charge is 0.497 e. The summed E-state index contributed by atoms with van der Waals surface area (Å²) in [4.78, 5) is 31.4. The molecule has 0 radical (unpaired) electrons. The van der Waals surface area contributed by atoms with Crippen molar-refractivity contribution in [1.82, 2.24) is 4.57 Å². The van der Waals surface area contributed by atoms with Crippen molar-refractivity contribution in [1.29, 1.82) is 0 Å². The predicted molar refractivity (Wildman–Crippen MR) is 126 cm³/mol. The number of hydrogen-bond donors (Lipinski definition) is 0. The molecule has 0 fully saturated rings. The van der Waals surface area contributed by atoms with E-state index < -0.39 is 18.6 Å². The minimum Gasteiger partial charge on any atom is -0.497 e. The average molecular weight is 501 g/mol. The first kappa shape index (κ1) is 24.3. The number of rotatable bonds is 7. The Hall–Kier alpha value is -3.79. The molecule has 0 aliphatic carbocycles. The van der Waals surface area contributed by atoms with Crippen molar-refractivity contribution in [2.45, 2.75) is 26.5 Å². The van der Waals surface area contributed by atoms with Crippen LogP contribution in [0.3, 0.4) is 0 Å². The van der Waals surface area contributed by atoms with Gasteiger partial charge >= 0.3 is 12.6 Å². The number of fused-ring (bicyclic) bond motifs is 1. The minimum absolute atomic E-state index is 0.0211. The Morgan fingerprint density at radius 3 is 2.40 bits per heavy atom. The van der Waals surface area contributed by atoms with Crippen molar-refractivity contribution in [3.63, 3.8) is 0 Å².